The maximum Gasteiger partial charge on any atom is 0.244 e. The molecule has 5 nitrogen and oxygen atoms in total. The summed E-state index contributed by atoms with van der Waals surface area (Å²) < 4.78 is 26.3. The molecule has 0 saturated carbocycles. The third-order valence-electron chi connectivity index (χ3n) is 2.80. The van der Waals surface area contributed by atoms with Crippen molar-refractivity contribution in [1.29, 1.82) is 0 Å². The van der Waals surface area contributed by atoms with Crippen molar-refractivity contribution in [2.24, 2.45) is 5.73 Å². The highest BCUT2D eigenvalue weighted by atomic mass is 35.5. The number of hydrogen-bond donors (Lipinski definition) is 2. The Bertz CT molecular complexity index is 635. The van der Waals surface area contributed by atoms with Crippen molar-refractivity contribution in [3.63, 3.8) is 0 Å². The Morgan fingerprint density at radius 2 is 2.14 bits per heavy atom. The maximum atomic E-state index is 12.5. The minimum absolute atomic E-state index is 0.0438. The summed E-state index contributed by atoms with van der Waals surface area (Å²) in [5, 5.41) is 8.97. The van der Waals surface area contributed by atoms with Gasteiger partial charge in [-0.2, -0.15) is 4.31 Å². The minimum atomic E-state index is -3.67. The fraction of sp³-hybridized carbons (Fsp3) is 0.429. The van der Waals surface area contributed by atoms with Gasteiger partial charge in [0.25, 0.3) is 0 Å². The Morgan fingerprint density at radius 1 is 1.43 bits per heavy atom. The molecule has 0 aliphatic carbocycles. The average Bonchev–Trinajstić information content (AvgIpc) is 2.45. The van der Waals surface area contributed by atoms with E-state index in [1.807, 2.05) is 0 Å². The summed E-state index contributed by atoms with van der Waals surface area (Å²) in [4.78, 5) is 0.0438. The van der Waals surface area contributed by atoms with Gasteiger partial charge < -0.3 is 10.8 Å². The first kappa shape index (κ1) is 18.0. The summed E-state index contributed by atoms with van der Waals surface area (Å²) in [6.07, 6.45) is 0.380. The monoisotopic (exact) mass is 330 g/mol. The number of sulfonamides is 1. The third kappa shape index (κ3) is 4.70. The van der Waals surface area contributed by atoms with Gasteiger partial charge in [-0.1, -0.05) is 30.4 Å². The van der Waals surface area contributed by atoms with E-state index >= 15 is 0 Å². The molecule has 0 unspecified atom stereocenters. The first-order valence-corrected chi connectivity index (χ1v) is 8.38. The maximum absolute atomic E-state index is 12.5. The van der Waals surface area contributed by atoms with Gasteiger partial charge >= 0.3 is 0 Å². The molecule has 0 radical (unpaired) electrons. The second-order valence-electron chi connectivity index (χ2n) is 4.22. The number of aliphatic hydroxyl groups excluding tert-OH is 1. The Morgan fingerprint density at radius 3 is 2.67 bits per heavy atom. The van der Waals surface area contributed by atoms with E-state index < -0.39 is 10.0 Å². The molecule has 0 aromatic heterocycles. The van der Waals surface area contributed by atoms with Crippen molar-refractivity contribution in [3.05, 3.63) is 28.8 Å². The molecular formula is C14H19ClN2O3S. The molecule has 0 amide bonds. The predicted octanol–water partition coefficient (Wildman–Crippen LogP) is 1.04. The highest BCUT2D eigenvalue weighted by molar-refractivity contribution is 7.89. The number of benzene rings is 1. The molecule has 0 atom stereocenters. The summed E-state index contributed by atoms with van der Waals surface area (Å²) in [6.45, 7) is 2.47. The van der Waals surface area contributed by atoms with Crippen molar-refractivity contribution in [3.8, 4) is 11.8 Å². The van der Waals surface area contributed by atoms with Gasteiger partial charge in [0.2, 0.25) is 10.0 Å². The normalized spacial score (nSPS) is 11.3. The van der Waals surface area contributed by atoms with Crippen LogP contribution in [0.2, 0.25) is 5.02 Å². The van der Waals surface area contributed by atoms with Gasteiger partial charge in [0, 0.05) is 25.3 Å². The molecule has 0 spiro atoms. The summed E-state index contributed by atoms with van der Waals surface area (Å²) in [6, 6.07) is 4.55. The van der Waals surface area contributed by atoms with Gasteiger partial charge in [-0.05, 0) is 24.6 Å². The molecular weight excluding hydrogens is 312 g/mol. The van der Waals surface area contributed by atoms with Crippen molar-refractivity contribution < 1.29 is 13.5 Å². The van der Waals surface area contributed by atoms with E-state index in [9.17, 15) is 8.42 Å². The lowest BCUT2D eigenvalue weighted by Crippen LogP contribution is -2.32. The van der Waals surface area contributed by atoms with E-state index in [4.69, 9.17) is 22.4 Å². The zero-order valence-electron chi connectivity index (χ0n) is 11.8. The minimum Gasteiger partial charge on any atom is -0.396 e. The Labute approximate surface area is 130 Å². The standard InChI is InChI=1S/C14H19ClN2O3S/c1-2-17(9-4-10-18)21(19,20)14-7-6-12(5-3-8-16)11-13(14)15/h6-7,11,18H,2,4,8-10,16H2,1H3. The fourth-order valence-corrected chi connectivity index (χ4v) is 3.78. The van der Waals surface area contributed by atoms with Crippen molar-refractivity contribution in [2.75, 3.05) is 26.2 Å². The molecule has 0 fully saturated rings. The smallest absolute Gasteiger partial charge is 0.244 e. The number of nitrogens with two attached hydrogens (primary N) is 1. The zero-order chi connectivity index (χ0) is 15.9. The van der Waals surface area contributed by atoms with Crippen molar-refractivity contribution in [1.82, 2.24) is 4.31 Å². The van der Waals surface area contributed by atoms with E-state index in [1.165, 1.54) is 16.4 Å². The topological polar surface area (TPSA) is 83.6 Å². The molecule has 116 valence electrons. The van der Waals surface area contributed by atoms with Crippen LogP contribution in [0.5, 0.6) is 0 Å². The fourth-order valence-electron chi connectivity index (χ4n) is 1.78. The molecule has 1 aromatic rings. The lowest BCUT2D eigenvalue weighted by molar-refractivity contribution is 0.271. The van der Waals surface area contributed by atoms with Crippen LogP contribution in [0, 0.1) is 11.8 Å². The molecule has 1 rings (SSSR count). The van der Waals surface area contributed by atoms with Crippen LogP contribution in [0.15, 0.2) is 23.1 Å². The second-order valence-corrected chi connectivity index (χ2v) is 6.54. The number of halogens is 1. The predicted molar refractivity (Wildman–Crippen MR) is 83.5 cm³/mol. The summed E-state index contributed by atoms with van der Waals surface area (Å²) in [5.74, 6) is 5.48. The highest BCUT2D eigenvalue weighted by Gasteiger charge is 2.25. The lowest BCUT2D eigenvalue weighted by Gasteiger charge is -2.20. The van der Waals surface area contributed by atoms with E-state index in [-0.39, 0.29) is 29.6 Å². The van der Waals surface area contributed by atoms with Gasteiger partial charge in [0.1, 0.15) is 4.90 Å². The Kier molecular flexibility index (Phi) is 7.15. The molecule has 7 heteroatoms. The van der Waals surface area contributed by atoms with E-state index in [0.29, 0.717) is 18.5 Å². The van der Waals surface area contributed by atoms with Gasteiger partial charge in [0.15, 0.2) is 0 Å². The SMILES string of the molecule is CCN(CCCO)S(=O)(=O)c1ccc(C#CCN)cc1Cl. The molecule has 0 bridgehead atoms. The zero-order valence-corrected chi connectivity index (χ0v) is 13.4. The lowest BCUT2D eigenvalue weighted by atomic mass is 10.2. The molecule has 1 aromatic carbocycles. The first-order valence-electron chi connectivity index (χ1n) is 6.56. The van der Waals surface area contributed by atoms with Crippen LogP contribution in [0.3, 0.4) is 0 Å². The van der Waals surface area contributed by atoms with E-state index in [1.54, 1.807) is 13.0 Å². The number of hydrogen-bond acceptors (Lipinski definition) is 4. The van der Waals surface area contributed by atoms with Gasteiger partial charge in [0.05, 0.1) is 11.6 Å². The van der Waals surface area contributed by atoms with Crippen LogP contribution in [-0.2, 0) is 10.0 Å². The highest BCUT2D eigenvalue weighted by Crippen LogP contribution is 2.25. The summed E-state index contributed by atoms with van der Waals surface area (Å²) in [5.41, 5.74) is 5.90. The van der Waals surface area contributed by atoms with Gasteiger partial charge in [-0.25, -0.2) is 8.42 Å². The molecule has 3 N–H and O–H groups in total. The summed E-state index contributed by atoms with van der Waals surface area (Å²) in [7, 11) is -3.67. The Hall–Kier alpha value is -1.10. The molecule has 0 aliphatic rings. The van der Waals surface area contributed by atoms with Crippen LogP contribution in [0.4, 0.5) is 0 Å². The van der Waals surface area contributed by atoms with Crippen LogP contribution < -0.4 is 5.73 Å². The number of nitrogens with zero attached hydrogens (tertiary/aromatic N) is 1. The number of aliphatic hydroxyl groups is 1. The van der Waals surface area contributed by atoms with E-state index in [0.717, 1.165) is 0 Å². The summed E-state index contributed by atoms with van der Waals surface area (Å²) >= 11 is 6.07. The van der Waals surface area contributed by atoms with Gasteiger partial charge in [-0.15, -0.1) is 0 Å². The molecule has 0 saturated heterocycles. The molecule has 21 heavy (non-hydrogen) atoms. The van der Waals surface area contributed by atoms with Crippen molar-refractivity contribution in [2.45, 2.75) is 18.2 Å². The van der Waals surface area contributed by atoms with Crippen LogP contribution in [0.25, 0.3) is 0 Å². The van der Waals surface area contributed by atoms with Crippen LogP contribution >= 0.6 is 11.6 Å². The molecule has 0 heterocycles. The second kappa shape index (κ2) is 8.37. The largest absolute Gasteiger partial charge is 0.396 e. The van der Waals surface area contributed by atoms with Crippen LogP contribution in [-0.4, -0.2) is 44.1 Å². The van der Waals surface area contributed by atoms with E-state index in [2.05, 4.69) is 11.8 Å². The van der Waals surface area contributed by atoms with Gasteiger partial charge in [-0.3, -0.25) is 0 Å². The molecule has 0 aliphatic heterocycles. The third-order valence-corrected chi connectivity index (χ3v) is 5.26. The Balaban J connectivity index is 3.13. The van der Waals surface area contributed by atoms with Crippen molar-refractivity contribution >= 4 is 21.6 Å². The van der Waals surface area contributed by atoms with Crippen LogP contribution in [0.1, 0.15) is 18.9 Å². The first-order chi connectivity index (χ1) is 9.97. The average molecular weight is 331 g/mol. The number of rotatable bonds is 6. The quantitative estimate of drug-likeness (QED) is 0.763.